The van der Waals surface area contributed by atoms with E-state index in [1.54, 1.807) is 6.92 Å². The van der Waals surface area contributed by atoms with Gasteiger partial charge in [-0.3, -0.25) is 4.79 Å². The summed E-state index contributed by atoms with van der Waals surface area (Å²) in [6, 6.07) is 3.61. The number of carbonyl (C=O) groups is 1. The minimum absolute atomic E-state index is 0.220. The van der Waals surface area contributed by atoms with Crippen LogP contribution in [0.4, 0.5) is 4.39 Å². The molecule has 18 heavy (non-hydrogen) atoms. The van der Waals surface area contributed by atoms with Gasteiger partial charge in [-0.2, -0.15) is 0 Å². The molecule has 3 N–H and O–H groups in total. The highest BCUT2D eigenvalue weighted by atomic mass is 35.5. The van der Waals surface area contributed by atoms with Gasteiger partial charge in [-0.1, -0.05) is 18.5 Å². The number of amides is 1. The summed E-state index contributed by atoms with van der Waals surface area (Å²) in [7, 11) is 0. The molecular weight excluding hydrogens is 261 g/mol. The third-order valence-corrected chi connectivity index (χ3v) is 3.07. The van der Waals surface area contributed by atoms with Crippen LogP contribution in [0.25, 0.3) is 0 Å². The summed E-state index contributed by atoms with van der Waals surface area (Å²) in [5.41, 5.74) is -1.38. The van der Waals surface area contributed by atoms with Crippen molar-refractivity contribution in [1.29, 1.82) is 0 Å². The lowest BCUT2D eigenvalue weighted by Gasteiger charge is -2.29. The van der Waals surface area contributed by atoms with E-state index in [2.05, 4.69) is 5.32 Å². The lowest BCUT2D eigenvalue weighted by molar-refractivity contribution is 0.0650. The Kier molecular flexibility index (Phi) is 5.07. The Morgan fingerprint density at radius 1 is 1.44 bits per heavy atom. The summed E-state index contributed by atoms with van der Waals surface area (Å²) in [6.07, 6.45) is 0.313. The largest absolute Gasteiger partial charge is 0.394 e. The van der Waals surface area contributed by atoms with Gasteiger partial charge in [-0.05, 0) is 24.6 Å². The zero-order valence-corrected chi connectivity index (χ0v) is 10.7. The number of carbonyl (C=O) groups excluding carboxylic acids is 1. The van der Waals surface area contributed by atoms with Crippen LogP contribution in [-0.4, -0.2) is 34.9 Å². The van der Waals surface area contributed by atoms with Gasteiger partial charge in [0.05, 0.1) is 24.3 Å². The molecular formula is C12H15ClFNO3. The molecule has 0 heterocycles. The van der Waals surface area contributed by atoms with Crippen LogP contribution in [-0.2, 0) is 0 Å². The van der Waals surface area contributed by atoms with E-state index < -0.39 is 30.5 Å². The first-order valence-corrected chi connectivity index (χ1v) is 5.85. The number of halogens is 2. The molecule has 0 bridgehead atoms. The molecule has 0 aliphatic carbocycles. The summed E-state index contributed by atoms with van der Waals surface area (Å²) in [5.74, 6) is -1.43. The first-order valence-electron chi connectivity index (χ1n) is 5.47. The van der Waals surface area contributed by atoms with Gasteiger partial charge < -0.3 is 15.5 Å². The Hall–Kier alpha value is -1.17. The Morgan fingerprint density at radius 3 is 2.56 bits per heavy atom. The molecule has 0 aromatic heterocycles. The molecule has 0 saturated heterocycles. The lowest BCUT2D eigenvalue weighted by Crippen LogP contribution is -2.53. The summed E-state index contributed by atoms with van der Waals surface area (Å²) < 4.78 is 13.5. The molecule has 0 radical (unpaired) electrons. The van der Waals surface area contributed by atoms with Crippen LogP contribution in [0.15, 0.2) is 18.2 Å². The molecule has 0 fully saturated rings. The van der Waals surface area contributed by atoms with E-state index >= 15 is 0 Å². The van der Waals surface area contributed by atoms with Crippen molar-refractivity contribution in [3.8, 4) is 0 Å². The average Bonchev–Trinajstić information content (AvgIpc) is 2.38. The van der Waals surface area contributed by atoms with Crippen molar-refractivity contribution in [1.82, 2.24) is 5.32 Å². The van der Waals surface area contributed by atoms with Crippen molar-refractivity contribution >= 4 is 17.5 Å². The third-order valence-electron chi connectivity index (χ3n) is 2.83. The Morgan fingerprint density at radius 2 is 2.06 bits per heavy atom. The first kappa shape index (κ1) is 14.9. The molecule has 0 saturated carbocycles. The predicted octanol–water partition coefficient (Wildman–Crippen LogP) is 1.34. The van der Waals surface area contributed by atoms with Crippen molar-refractivity contribution < 1.29 is 19.4 Å². The van der Waals surface area contributed by atoms with Crippen LogP contribution in [0.2, 0.25) is 5.02 Å². The smallest absolute Gasteiger partial charge is 0.254 e. The molecule has 0 aliphatic heterocycles. The fourth-order valence-electron chi connectivity index (χ4n) is 1.42. The molecule has 0 atom stereocenters. The zero-order valence-electron chi connectivity index (χ0n) is 9.91. The highest BCUT2D eigenvalue weighted by molar-refractivity contribution is 6.31. The van der Waals surface area contributed by atoms with E-state index in [1.807, 2.05) is 0 Å². The van der Waals surface area contributed by atoms with E-state index in [9.17, 15) is 19.4 Å². The van der Waals surface area contributed by atoms with Crippen molar-refractivity contribution in [3.05, 3.63) is 34.6 Å². The highest BCUT2D eigenvalue weighted by Crippen LogP contribution is 2.17. The monoisotopic (exact) mass is 275 g/mol. The van der Waals surface area contributed by atoms with Crippen molar-refractivity contribution in [3.63, 3.8) is 0 Å². The molecule has 1 aromatic carbocycles. The van der Waals surface area contributed by atoms with Crippen LogP contribution >= 0.6 is 11.6 Å². The molecule has 0 aliphatic rings. The summed E-state index contributed by atoms with van der Waals surface area (Å²) in [4.78, 5) is 11.9. The number of hydrogen-bond acceptors (Lipinski definition) is 3. The normalized spacial score (nSPS) is 11.4. The van der Waals surface area contributed by atoms with Crippen molar-refractivity contribution in [2.75, 3.05) is 13.2 Å². The van der Waals surface area contributed by atoms with Gasteiger partial charge in [0.15, 0.2) is 0 Å². The van der Waals surface area contributed by atoms with Gasteiger partial charge in [-0.15, -0.1) is 0 Å². The standard InChI is InChI=1S/C12H15ClFNO3/c1-2-12(6-16,7-17)15-11(18)9-5-8(13)3-4-10(9)14/h3-5,16-17H,2,6-7H2,1H3,(H,15,18). The van der Waals surface area contributed by atoms with Gasteiger partial charge in [-0.25, -0.2) is 4.39 Å². The maximum atomic E-state index is 13.5. The zero-order chi connectivity index (χ0) is 13.8. The molecule has 0 unspecified atom stereocenters. The second-order valence-electron chi connectivity index (χ2n) is 4.03. The van der Waals surface area contributed by atoms with Crippen LogP contribution in [0, 0.1) is 5.82 Å². The topological polar surface area (TPSA) is 69.6 Å². The van der Waals surface area contributed by atoms with Crippen LogP contribution in [0.5, 0.6) is 0 Å². The summed E-state index contributed by atoms with van der Waals surface area (Å²) in [5, 5.41) is 21.1. The van der Waals surface area contributed by atoms with E-state index in [4.69, 9.17) is 11.6 Å². The van der Waals surface area contributed by atoms with Crippen LogP contribution in [0.3, 0.4) is 0 Å². The molecule has 4 nitrogen and oxygen atoms in total. The second kappa shape index (κ2) is 6.13. The van der Waals surface area contributed by atoms with E-state index in [1.165, 1.54) is 12.1 Å². The Bertz CT molecular complexity index is 427. The summed E-state index contributed by atoms with van der Waals surface area (Å²) in [6.45, 7) is 0.822. The quantitative estimate of drug-likeness (QED) is 0.760. The van der Waals surface area contributed by atoms with Gasteiger partial charge in [0.1, 0.15) is 5.82 Å². The molecule has 0 spiro atoms. The van der Waals surface area contributed by atoms with Gasteiger partial charge >= 0.3 is 0 Å². The minimum Gasteiger partial charge on any atom is -0.394 e. The fraction of sp³-hybridized carbons (Fsp3) is 0.417. The molecule has 100 valence electrons. The number of rotatable bonds is 5. The fourth-order valence-corrected chi connectivity index (χ4v) is 1.59. The van der Waals surface area contributed by atoms with E-state index in [0.29, 0.717) is 6.42 Å². The number of nitrogens with one attached hydrogen (secondary N) is 1. The molecule has 6 heteroatoms. The van der Waals surface area contributed by atoms with Gasteiger partial charge in [0, 0.05) is 5.02 Å². The SMILES string of the molecule is CCC(CO)(CO)NC(=O)c1cc(Cl)ccc1F. The van der Waals surface area contributed by atoms with Gasteiger partial charge in [0.2, 0.25) is 0 Å². The van der Waals surface area contributed by atoms with E-state index in [-0.39, 0.29) is 10.6 Å². The first-order chi connectivity index (χ1) is 8.48. The van der Waals surface area contributed by atoms with Crippen molar-refractivity contribution in [2.24, 2.45) is 0 Å². The molecule has 1 amide bonds. The number of aliphatic hydroxyl groups excluding tert-OH is 2. The molecule has 1 aromatic rings. The highest BCUT2D eigenvalue weighted by Gasteiger charge is 2.29. The van der Waals surface area contributed by atoms with Crippen molar-refractivity contribution in [2.45, 2.75) is 18.9 Å². The summed E-state index contributed by atoms with van der Waals surface area (Å²) >= 11 is 5.69. The average molecular weight is 276 g/mol. The number of hydrogen-bond donors (Lipinski definition) is 3. The lowest BCUT2D eigenvalue weighted by atomic mass is 9.97. The second-order valence-corrected chi connectivity index (χ2v) is 4.46. The Labute approximate surface area is 109 Å². The predicted molar refractivity (Wildman–Crippen MR) is 66.1 cm³/mol. The third kappa shape index (κ3) is 3.19. The maximum absolute atomic E-state index is 13.5. The van der Waals surface area contributed by atoms with Gasteiger partial charge in [0.25, 0.3) is 5.91 Å². The Balaban J connectivity index is 2.97. The maximum Gasteiger partial charge on any atom is 0.254 e. The molecule has 1 rings (SSSR count). The number of benzene rings is 1. The minimum atomic E-state index is -1.16. The van der Waals surface area contributed by atoms with Crippen LogP contribution < -0.4 is 5.32 Å². The van der Waals surface area contributed by atoms with E-state index in [0.717, 1.165) is 6.07 Å². The van der Waals surface area contributed by atoms with Crippen LogP contribution in [0.1, 0.15) is 23.7 Å². The number of aliphatic hydroxyl groups is 2.